The van der Waals surface area contributed by atoms with E-state index in [1.807, 2.05) is 0 Å². The van der Waals surface area contributed by atoms with Crippen LogP contribution < -0.4 is 0 Å². The largest absolute Gasteiger partial charge is 0.469 e. The predicted octanol–water partition coefficient (Wildman–Crippen LogP) is 3.16. The van der Waals surface area contributed by atoms with E-state index in [1.54, 1.807) is 7.11 Å². The average Bonchev–Trinajstić information content (AvgIpc) is 2.10. The van der Waals surface area contributed by atoms with Gasteiger partial charge in [0.25, 0.3) is 0 Å². The van der Waals surface area contributed by atoms with E-state index < -0.39 is 0 Å². The monoisotopic (exact) mass is 222 g/mol. The molecular weight excluding hydrogens is 200 g/mol. The van der Waals surface area contributed by atoms with Crippen LogP contribution in [0.1, 0.15) is 52.4 Å². The number of rotatable bonds is 1. The maximum Gasteiger partial charge on any atom is 0.311 e. The highest BCUT2D eigenvalue weighted by Crippen LogP contribution is 2.69. The molecule has 2 unspecified atom stereocenters. The Morgan fingerprint density at radius 1 is 1.06 bits per heavy atom. The Morgan fingerprint density at radius 2 is 1.62 bits per heavy atom. The van der Waals surface area contributed by atoms with Crippen molar-refractivity contribution in [2.75, 3.05) is 7.11 Å². The lowest BCUT2D eigenvalue weighted by atomic mass is 9.40. The molecule has 4 aliphatic carbocycles. The maximum atomic E-state index is 12.1. The Hall–Kier alpha value is -0.530. The Morgan fingerprint density at radius 3 is 2.06 bits per heavy atom. The van der Waals surface area contributed by atoms with E-state index in [9.17, 15) is 4.79 Å². The van der Waals surface area contributed by atoms with Gasteiger partial charge in [0, 0.05) is 0 Å². The van der Waals surface area contributed by atoms with Crippen LogP contribution in [0.25, 0.3) is 0 Å². The molecule has 0 saturated heterocycles. The molecular formula is C14H22O2. The summed E-state index contributed by atoms with van der Waals surface area (Å²) >= 11 is 0. The van der Waals surface area contributed by atoms with Crippen LogP contribution in [0, 0.1) is 22.2 Å². The zero-order valence-corrected chi connectivity index (χ0v) is 10.6. The number of hydrogen-bond donors (Lipinski definition) is 0. The van der Waals surface area contributed by atoms with E-state index in [2.05, 4.69) is 13.8 Å². The molecule has 4 aliphatic rings. The molecule has 2 heteroatoms. The third-order valence-corrected chi connectivity index (χ3v) is 5.24. The molecule has 0 aromatic heterocycles. The Balaban J connectivity index is 2.01. The highest BCUT2D eigenvalue weighted by atomic mass is 16.5. The van der Waals surface area contributed by atoms with E-state index in [-0.39, 0.29) is 11.4 Å². The average molecular weight is 222 g/mol. The highest BCUT2D eigenvalue weighted by molar-refractivity contribution is 5.77. The minimum Gasteiger partial charge on any atom is -0.469 e. The fourth-order valence-corrected chi connectivity index (χ4v) is 5.89. The van der Waals surface area contributed by atoms with Crippen molar-refractivity contribution in [2.24, 2.45) is 22.2 Å². The summed E-state index contributed by atoms with van der Waals surface area (Å²) in [4.78, 5) is 12.1. The second-order valence-corrected chi connectivity index (χ2v) is 7.40. The van der Waals surface area contributed by atoms with E-state index in [0.29, 0.717) is 10.8 Å². The Kier molecular flexibility index (Phi) is 1.88. The molecule has 2 nitrogen and oxygen atoms in total. The fourth-order valence-electron chi connectivity index (χ4n) is 5.89. The summed E-state index contributed by atoms with van der Waals surface area (Å²) in [6.07, 6.45) is 7.21. The summed E-state index contributed by atoms with van der Waals surface area (Å²) in [6, 6.07) is 0. The molecule has 0 aliphatic heterocycles. The van der Waals surface area contributed by atoms with Gasteiger partial charge in [-0.15, -0.1) is 0 Å². The first-order chi connectivity index (χ1) is 7.39. The van der Waals surface area contributed by atoms with Crippen LogP contribution in [-0.4, -0.2) is 13.1 Å². The molecule has 4 saturated carbocycles. The smallest absolute Gasteiger partial charge is 0.311 e. The summed E-state index contributed by atoms with van der Waals surface area (Å²) in [6.45, 7) is 4.76. The van der Waals surface area contributed by atoms with Crippen LogP contribution in [0.4, 0.5) is 0 Å². The molecule has 0 N–H and O–H groups in total. The summed E-state index contributed by atoms with van der Waals surface area (Å²) in [5.41, 5.74) is 0.683. The third kappa shape index (κ3) is 1.28. The van der Waals surface area contributed by atoms with Gasteiger partial charge in [-0.2, -0.15) is 0 Å². The molecule has 4 bridgehead atoms. The predicted molar refractivity (Wildman–Crippen MR) is 61.9 cm³/mol. The van der Waals surface area contributed by atoms with Gasteiger partial charge in [0.15, 0.2) is 0 Å². The maximum absolute atomic E-state index is 12.1. The summed E-state index contributed by atoms with van der Waals surface area (Å²) in [5.74, 6) is 0.833. The normalized spacial score (nSPS) is 54.1. The van der Waals surface area contributed by atoms with Gasteiger partial charge in [-0.25, -0.2) is 0 Å². The van der Waals surface area contributed by atoms with Crippen molar-refractivity contribution in [1.82, 2.24) is 0 Å². The van der Waals surface area contributed by atoms with Gasteiger partial charge in [-0.1, -0.05) is 13.8 Å². The first-order valence-corrected chi connectivity index (χ1v) is 6.47. The third-order valence-electron chi connectivity index (χ3n) is 5.24. The lowest BCUT2D eigenvalue weighted by Crippen LogP contribution is -2.57. The molecule has 0 radical (unpaired) electrons. The van der Waals surface area contributed by atoms with Gasteiger partial charge in [-0.3, -0.25) is 4.79 Å². The number of esters is 1. The zero-order chi connectivity index (χ0) is 11.6. The highest BCUT2D eigenvalue weighted by Gasteiger charge is 2.63. The number of ether oxygens (including phenoxy) is 1. The Labute approximate surface area is 97.7 Å². The van der Waals surface area contributed by atoms with Crippen LogP contribution in [0.3, 0.4) is 0 Å². The lowest BCUT2D eigenvalue weighted by molar-refractivity contribution is -0.188. The van der Waals surface area contributed by atoms with Gasteiger partial charge in [0.1, 0.15) is 0 Å². The molecule has 0 heterocycles. The standard InChI is InChI=1S/C14H22O2/c1-12-4-10-5-13(2,7-12)9-14(6-10,8-12)11(15)16-3/h10H,4-9H2,1-3H3/t10?,12-,13+,14?. The van der Waals surface area contributed by atoms with Crippen molar-refractivity contribution in [2.45, 2.75) is 52.4 Å². The topological polar surface area (TPSA) is 26.3 Å². The summed E-state index contributed by atoms with van der Waals surface area (Å²) in [7, 11) is 1.55. The number of methoxy groups -OCH3 is 1. The molecule has 16 heavy (non-hydrogen) atoms. The molecule has 0 aromatic rings. The van der Waals surface area contributed by atoms with Crippen molar-refractivity contribution < 1.29 is 9.53 Å². The summed E-state index contributed by atoms with van der Waals surface area (Å²) < 4.78 is 5.09. The van der Waals surface area contributed by atoms with Crippen molar-refractivity contribution in [3.63, 3.8) is 0 Å². The number of carbonyl (C=O) groups is 1. The van der Waals surface area contributed by atoms with Gasteiger partial charge in [-0.05, 0) is 55.3 Å². The van der Waals surface area contributed by atoms with E-state index in [4.69, 9.17) is 4.74 Å². The molecule has 0 amide bonds. The van der Waals surface area contributed by atoms with Crippen LogP contribution in [0.2, 0.25) is 0 Å². The minimum atomic E-state index is -0.127. The molecule has 4 rings (SSSR count). The van der Waals surface area contributed by atoms with Crippen molar-refractivity contribution >= 4 is 5.97 Å². The van der Waals surface area contributed by atoms with Crippen LogP contribution >= 0.6 is 0 Å². The van der Waals surface area contributed by atoms with E-state index in [0.717, 1.165) is 25.2 Å². The molecule has 4 atom stereocenters. The lowest BCUT2D eigenvalue weighted by Gasteiger charge is -2.64. The second kappa shape index (κ2) is 2.83. The fraction of sp³-hybridized carbons (Fsp3) is 0.929. The van der Waals surface area contributed by atoms with Gasteiger partial charge in [0.05, 0.1) is 12.5 Å². The Bertz CT molecular complexity index is 329. The number of carbonyl (C=O) groups excluding carboxylic acids is 1. The first kappa shape index (κ1) is 10.6. The molecule has 0 spiro atoms. The van der Waals surface area contributed by atoms with Crippen molar-refractivity contribution in [3.05, 3.63) is 0 Å². The van der Waals surface area contributed by atoms with Crippen molar-refractivity contribution in [1.29, 1.82) is 0 Å². The molecule has 0 aromatic carbocycles. The van der Waals surface area contributed by atoms with E-state index >= 15 is 0 Å². The van der Waals surface area contributed by atoms with Gasteiger partial charge < -0.3 is 4.74 Å². The van der Waals surface area contributed by atoms with Crippen LogP contribution in [0.15, 0.2) is 0 Å². The second-order valence-electron chi connectivity index (χ2n) is 7.40. The molecule has 4 fully saturated rings. The zero-order valence-electron chi connectivity index (χ0n) is 10.6. The number of hydrogen-bond acceptors (Lipinski definition) is 2. The quantitative estimate of drug-likeness (QED) is 0.637. The van der Waals surface area contributed by atoms with Gasteiger partial charge >= 0.3 is 5.97 Å². The molecule has 90 valence electrons. The summed E-state index contributed by atoms with van der Waals surface area (Å²) in [5, 5.41) is 0. The minimum absolute atomic E-state index is 0.0639. The van der Waals surface area contributed by atoms with Crippen molar-refractivity contribution in [3.8, 4) is 0 Å². The first-order valence-electron chi connectivity index (χ1n) is 6.47. The van der Waals surface area contributed by atoms with E-state index in [1.165, 1.54) is 19.3 Å². The van der Waals surface area contributed by atoms with Crippen LogP contribution in [0.5, 0.6) is 0 Å². The SMILES string of the molecule is COC(=O)C12CC3C[C@@](C)(C1)C[C@](C)(C3)C2. The van der Waals surface area contributed by atoms with Crippen LogP contribution in [-0.2, 0) is 9.53 Å². The van der Waals surface area contributed by atoms with Gasteiger partial charge in [0.2, 0.25) is 0 Å².